The number of nitrogens with one attached hydrogen (secondary N) is 5. The number of fused-ring (bicyclic) bond motifs is 1. The van der Waals surface area contributed by atoms with Crippen LogP contribution in [0.25, 0.3) is 10.9 Å². The van der Waals surface area contributed by atoms with Gasteiger partial charge in [-0.05, 0) is 37.4 Å². The van der Waals surface area contributed by atoms with Gasteiger partial charge in [-0.25, -0.2) is 4.79 Å². The number of para-hydroxylation sites is 1. The summed E-state index contributed by atoms with van der Waals surface area (Å²) < 4.78 is 0. The number of aliphatic carboxylic acids is 2. The molecule has 0 aliphatic heterocycles. The topological polar surface area (TPSA) is 299 Å². The van der Waals surface area contributed by atoms with Gasteiger partial charge in [0.15, 0.2) is 0 Å². The number of aromatic amines is 1. The minimum atomic E-state index is -1.67. The summed E-state index contributed by atoms with van der Waals surface area (Å²) in [5.74, 6) is -6.51. The maximum Gasteiger partial charge on any atom is 0.326 e. The maximum absolute atomic E-state index is 13.4. The van der Waals surface area contributed by atoms with Crippen molar-refractivity contribution in [2.24, 2.45) is 11.5 Å². The first-order chi connectivity index (χ1) is 21.4. The Kier molecular flexibility index (Phi) is 14.9. The van der Waals surface area contributed by atoms with Gasteiger partial charge < -0.3 is 58.1 Å². The van der Waals surface area contributed by atoms with Crippen molar-refractivity contribution in [1.82, 2.24) is 26.3 Å². The fourth-order valence-corrected chi connectivity index (χ4v) is 4.38. The van der Waals surface area contributed by atoms with Crippen LogP contribution in [0.15, 0.2) is 30.5 Å². The van der Waals surface area contributed by atoms with Crippen LogP contribution >= 0.6 is 0 Å². The molecule has 4 amide bonds. The summed E-state index contributed by atoms with van der Waals surface area (Å²) in [6.45, 7) is -1.38. The minimum absolute atomic E-state index is 0.136. The summed E-state index contributed by atoms with van der Waals surface area (Å²) in [6.07, 6.45) is 1.96. The number of aromatic nitrogens is 1. The van der Waals surface area contributed by atoms with Crippen LogP contribution < -0.4 is 32.7 Å². The molecular formula is C28H41N7O10. The Bertz CT molecular complexity index is 1330. The van der Waals surface area contributed by atoms with Gasteiger partial charge in [-0.2, -0.15) is 0 Å². The van der Waals surface area contributed by atoms with Crippen LogP contribution in [0, 0.1) is 0 Å². The number of H-pyrrole nitrogens is 1. The number of hydrogen-bond donors (Lipinski definition) is 11. The van der Waals surface area contributed by atoms with E-state index < -0.39 is 91.8 Å². The molecule has 0 fully saturated rings. The van der Waals surface area contributed by atoms with E-state index in [4.69, 9.17) is 16.6 Å². The van der Waals surface area contributed by atoms with Gasteiger partial charge in [0.1, 0.15) is 24.2 Å². The van der Waals surface area contributed by atoms with E-state index in [-0.39, 0.29) is 12.8 Å². The molecule has 17 nitrogen and oxygen atoms in total. The van der Waals surface area contributed by atoms with Crippen LogP contribution in [0.5, 0.6) is 0 Å². The molecule has 0 spiro atoms. The van der Waals surface area contributed by atoms with E-state index in [9.17, 15) is 44.1 Å². The Morgan fingerprint density at radius 2 is 1.31 bits per heavy atom. The van der Waals surface area contributed by atoms with Gasteiger partial charge in [-0.15, -0.1) is 0 Å². The van der Waals surface area contributed by atoms with Crippen LogP contribution in [-0.2, 0) is 35.2 Å². The lowest BCUT2D eigenvalue weighted by Crippen LogP contribution is -2.60. The molecule has 0 aliphatic carbocycles. The summed E-state index contributed by atoms with van der Waals surface area (Å²) in [4.78, 5) is 77.3. The third-order valence-corrected chi connectivity index (χ3v) is 6.93. The maximum atomic E-state index is 13.4. The fraction of sp³-hybridized carbons (Fsp3) is 0.500. The Labute approximate surface area is 258 Å². The highest BCUT2D eigenvalue weighted by atomic mass is 16.4. The van der Waals surface area contributed by atoms with E-state index >= 15 is 0 Å². The van der Waals surface area contributed by atoms with Gasteiger partial charge in [-0.3, -0.25) is 24.0 Å². The van der Waals surface area contributed by atoms with Crippen molar-refractivity contribution in [1.29, 1.82) is 0 Å². The van der Waals surface area contributed by atoms with Gasteiger partial charge in [-0.1, -0.05) is 24.6 Å². The third-order valence-electron chi connectivity index (χ3n) is 6.93. The number of unbranched alkanes of at least 4 members (excludes halogenated alkanes) is 1. The molecule has 248 valence electrons. The average molecular weight is 636 g/mol. The predicted molar refractivity (Wildman–Crippen MR) is 159 cm³/mol. The summed E-state index contributed by atoms with van der Waals surface area (Å²) in [6, 6.07) is -0.0553. The lowest BCUT2D eigenvalue weighted by molar-refractivity contribution is -0.143. The third kappa shape index (κ3) is 11.5. The van der Waals surface area contributed by atoms with Crippen LogP contribution in [0.3, 0.4) is 0 Å². The summed E-state index contributed by atoms with van der Waals surface area (Å²) in [7, 11) is 0. The molecule has 17 heteroatoms. The highest BCUT2D eigenvalue weighted by Crippen LogP contribution is 2.19. The van der Waals surface area contributed by atoms with Crippen LogP contribution in [0.4, 0.5) is 0 Å². The van der Waals surface area contributed by atoms with E-state index in [0.29, 0.717) is 24.9 Å². The number of nitrogens with two attached hydrogens (primary N) is 2. The molecule has 0 bridgehead atoms. The zero-order valence-corrected chi connectivity index (χ0v) is 24.5. The highest BCUT2D eigenvalue weighted by Gasteiger charge is 2.32. The number of hydrogen-bond acceptors (Lipinski definition) is 10. The van der Waals surface area contributed by atoms with Gasteiger partial charge in [0.05, 0.1) is 19.3 Å². The summed E-state index contributed by atoms with van der Waals surface area (Å²) in [5, 5.41) is 47.7. The number of carboxylic acid groups (broad SMARTS) is 2. The van der Waals surface area contributed by atoms with E-state index in [1.807, 2.05) is 0 Å². The summed E-state index contributed by atoms with van der Waals surface area (Å²) >= 11 is 0. The largest absolute Gasteiger partial charge is 0.481 e. The number of carbonyl (C=O) groups excluding carboxylic acids is 4. The molecule has 1 aromatic carbocycles. The quantitative estimate of drug-likeness (QED) is 0.0651. The molecule has 0 aliphatic rings. The average Bonchev–Trinajstić information content (AvgIpc) is 3.42. The molecule has 1 heterocycles. The fourth-order valence-electron chi connectivity index (χ4n) is 4.38. The van der Waals surface area contributed by atoms with Crippen molar-refractivity contribution >= 4 is 46.5 Å². The lowest BCUT2D eigenvalue weighted by atomic mass is 10.0. The van der Waals surface area contributed by atoms with Gasteiger partial charge >= 0.3 is 11.9 Å². The Balaban J connectivity index is 2.24. The Morgan fingerprint density at radius 1 is 0.756 bits per heavy atom. The lowest BCUT2D eigenvalue weighted by Gasteiger charge is -2.25. The Morgan fingerprint density at radius 3 is 1.89 bits per heavy atom. The predicted octanol–water partition coefficient (Wildman–Crippen LogP) is -2.96. The Hall–Kier alpha value is -4.58. The zero-order chi connectivity index (χ0) is 33.5. The SMILES string of the molecule is NCCCC[C@H](N)C(=O)N[C@@H](CO)C(=O)N[C@@H](Cc1c[nH]c2ccccc12)C(=O)N[C@@H](CO)C(=O)N[C@@H](CCC(=O)O)C(=O)O. The van der Waals surface area contributed by atoms with Crippen molar-refractivity contribution in [3.63, 3.8) is 0 Å². The van der Waals surface area contributed by atoms with E-state index in [0.717, 1.165) is 10.9 Å². The molecule has 2 aromatic rings. The van der Waals surface area contributed by atoms with E-state index in [1.165, 1.54) is 0 Å². The second-order valence-corrected chi connectivity index (χ2v) is 10.3. The number of amides is 4. The number of benzene rings is 1. The standard InChI is InChI=1S/C28H41N7O10/c29-10-4-3-6-17(30)24(40)34-21(13-36)27(43)33-20(11-15-12-31-18-7-2-1-5-16(15)18)25(41)35-22(14-37)26(42)32-19(28(44)45)8-9-23(38)39/h1-2,5,7,12,17,19-22,31,36-37H,3-4,6,8-11,13-14,29-30H2,(H,32,42)(H,33,43)(H,34,40)(H,35,41)(H,38,39)(H,44,45)/t17-,19-,20-,21-,22-/m0/s1. The first kappa shape index (κ1) is 36.6. The van der Waals surface area contributed by atoms with E-state index in [1.54, 1.807) is 30.5 Å². The van der Waals surface area contributed by atoms with Gasteiger partial charge in [0.25, 0.3) is 0 Å². The number of aliphatic hydroxyl groups excluding tert-OH is 2. The van der Waals surface area contributed by atoms with Gasteiger partial charge in [0.2, 0.25) is 23.6 Å². The minimum Gasteiger partial charge on any atom is -0.481 e. The van der Waals surface area contributed by atoms with Crippen LogP contribution in [0.2, 0.25) is 0 Å². The molecule has 45 heavy (non-hydrogen) atoms. The molecule has 0 saturated carbocycles. The number of rotatable bonds is 20. The number of aliphatic hydroxyl groups is 2. The van der Waals surface area contributed by atoms with Crippen LogP contribution in [-0.4, -0.2) is 111 Å². The van der Waals surface area contributed by atoms with Crippen molar-refractivity contribution in [3.05, 3.63) is 36.0 Å². The molecule has 0 unspecified atom stereocenters. The molecule has 0 radical (unpaired) electrons. The zero-order valence-electron chi connectivity index (χ0n) is 24.5. The van der Waals surface area contributed by atoms with Crippen molar-refractivity contribution < 1.29 is 49.2 Å². The smallest absolute Gasteiger partial charge is 0.326 e. The normalized spacial score (nSPS) is 14.4. The second kappa shape index (κ2) is 18.3. The van der Waals surface area contributed by atoms with Crippen molar-refractivity contribution in [2.75, 3.05) is 19.8 Å². The first-order valence-corrected chi connectivity index (χ1v) is 14.3. The highest BCUT2D eigenvalue weighted by molar-refractivity contribution is 5.96. The molecule has 0 saturated heterocycles. The molecule has 13 N–H and O–H groups in total. The number of carbonyl (C=O) groups is 6. The molecule has 2 rings (SSSR count). The van der Waals surface area contributed by atoms with E-state index in [2.05, 4.69) is 26.3 Å². The monoisotopic (exact) mass is 635 g/mol. The van der Waals surface area contributed by atoms with Gasteiger partial charge in [0, 0.05) is 29.9 Å². The van der Waals surface area contributed by atoms with Crippen LogP contribution in [0.1, 0.15) is 37.7 Å². The number of carboxylic acids is 2. The first-order valence-electron chi connectivity index (χ1n) is 14.3. The van der Waals surface area contributed by atoms with Crippen molar-refractivity contribution in [2.45, 2.75) is 68.7 Å². The summed E-state index contributed by atoms with van der Waals surface area (Å²) in [5.41, 5.74) is 12.6. The molecule has 1 aromatic heterocycles. The second-order valence-electron chi connectivity index (χ2n) is 10.3. The molecule has 5 atom stereocenters. The van der Waals surface area contributed by atoms with Crippen molar-refractivity contribution in [3.8, 4) is 0 Å². The molecular weight excluding hydrogens is 594 g/mol.